The first-order chi connectivity index (χ1) is 8.25. The number of hydrogen-bond acceptors (Lipinski definition) is 3. The van der Waals surface area contributed by atoms with Gasteiger partial charge in [0, 0.05) is 12.5 Å². The highest BCUT2D eigenvalue weighted by molar-refractivity contribution is 5.79. The molecule has 1 unspecified atom stereocenters. The molecule has 0 fully saturated rings. The zero-order valence-corrected chi connectivity index (χ0v) is 11.3. The number of esters is 1. The number of hydrogen-bond donors (Lipinski definition) is 1. The standard InChI is InChI=1S/C14H18O4/c1-7-6-8(2)12(10(4)9(7)3)13(14(16)17)18-11(5)15/h6,13H,1-5H3,(H,16,17). The van der Waals surface area contributed by atoms with Crippen LogP contribution in [0.4, 0.5) is 0 Å². The third kappa shape index (κ3) is 2.70. The van der Waals surface area contributed by atoms with E-state index in [0.29, 0.717) is 5.56 Å². The van der Waals surface area contributed by atoms with Crippen LogP contribution >= 0.6 is 0 Å². The summed E-state index contributed by atoms with van der Waals surface area (Å²) in [5.41, 5.74) is 4.38. The second kappa shape index (κ2) is 5.21. The SMILES string of the molecule is CC(=O)OC(C(=O)O)c1c(C)cc(C)c(C)c1C. The van der Waals surface area contributed by atoms with E-state index in [1.807, 2.05) is 33.8 Å². The van der Waals surface area contributed by atoms with Gasteiger partial charge in [0.1, 0.15) is 0 Å². The van der Waals surface area contributed by atoms with Gasteiger partial charge in [-0.3, -0.25) is 4.79 Å². The molecule has 0 aliphatic heterocycles. The average molecular weight is 250 g/mol. The first-order valence-corrected chi connectivity index (χ1v) is 5.73. The van der Waals surface area contributed by atoms with Crippen molar-refractivity contribution in [3.63, 3.8) is 0 Å². The van der Waals surface area contributed by atoms with Crippen molar-refractivity contribution in [2.24, 2.45) is 0 Å². The molecule has 4 heteroatoms. The third-order valence-electron chi connectivity index (χ3n) is 3.19. The highest BCUT2D eigenvalue weighted by Crippen LogP contribution is 2.29. The van der Waals surface area contributed by atoms with Crippen molar-refractivity contribution in [1.29, 1.82) is 0 Å². The van der Waals surface area contributed by atoms with Gasteiger partial charge in [0.05, 0.1) is 0 Å². The summed E-state index contributed by atoms with van der Waals surface area (Å²) >= 11 is 0. The Balaban J connectivity index is 3.41. The number of carboxylic acid groups (broad SMARTS) is 1. The second-order valence-electron chi connectivity index (χ2n) is 4.50. The van der Waals surface area contributed by atoms with Crippen molar-refractivity contribution in [2.45, 2.75) is 40.7 Å². The van der Waals surface area contributed by atoms with E-state index in [0.717, 1.165) is 22.3 Å². The van der Waals surface area contributed by atoms with Crippen LogP contribution in [0.15, 0.2) is 6.07 Å². The van der Waals surface area contributed by atoms with Crippen molar-refractivity contribution in [3.8, 4) is 0 Å². The predicted molar refractivity (Wildman–Crippen MR) is 67.5 cm³/mol. The molecule has 0 saturated heterocycles. The number of carbonyl (C=O) groups is 2. The van der Waals surface area contributed by atoms with Gasteiger partial charge in [0.2, 0.25) is 6.10 Å². The fourth-order valence-electron chi connectivity index (χ4n) is 2.11. The van der Waals surface area contributed by atoms with Crippen LogP contribution in [0, 0.1) is 27.7 Å². The molecule has 0 aliphatic rings. The maximum absolute atomic E-state index is 11.3. The molecule has 1 atom stereocenters. The summed E-state index contributed by atoms with van der Waals surface area (Å²) in [4.78, 5) is 22.3. The van der Waals surface area contributed by atoms with Crippen LogP contribution in [0.3, 0.4) is 0 Å². The van der Waals surface area contributed by atoms with Gasteiger partial charge in [-0.2, -0.15) is 0 Å². The number of carbonyl (C=O) groups excluding carboxylic acids is 1. The van der Waals surface area contributed by atoms with Crippen LogP contribution < -0.4 is 0 Å². The number of carboxylic acids is 1. The zero-order chi connectivity index (χ0) is 14.0. The molecule has 0 aliphatic carbocycles. The lowest BCUT2D eigenvalue weighted by molar-refractivity contribution is -0.163. The minimum absolute atomic E-state index is 0.570. The summed E-state index contributed by atoms with van der Waals surface area (Å²) < 4.78 is 4.92. The van der Waals surface area contributed by atoms with Crippen LogP contribution in [0.5, 0.6) is 0 Å². The van der Waals surface area contributed by atoms with Crippen molar-refractivity contribution in [3.05, 3.63) is 33.9 Å². The predicted octanol–water partition coefficient (Wildman–Crippen LogP) is 2.61. The summed E-state index contributed by atoms with van der Waals surface area (Å²) in [5.74, 6) is -1.75. The van der Waals surface area contributed by atoms with E-state index in [2.05, 4.69) is 0 Å². The van der Waals surface area contributed by atoms with Crippen LogP contribution in [0.1, 0.15) is 40.8 Å². The summed E-state index contributed by atoms with van der Waals surface area (Å²) in [6, 6.07) is 1.91. The first-order valence-electron chi connectivity index (χ1n) is 5.73. The molecular weight excluding hydrogens is 232 g/mol. The maximum atomic E-state index is 11.3. The van der Waals surface area contributed by atoms with E-state index >= 15 is 0 Å². The van der Waals surface area contributed by atoms with E-state index in [1.54, 1.807) is 0 Å². The molecule has 1 aromatic rings. The van der Waals surface area contributed by atoms with Gasteiger partial charge < -0.3 is 9.84 Å². The Morgan fingerprint density at radius 2 is 1.67 bits per heavy atom. The number of aliphatic carboxylic acids is 1. The summed E-state index contributed by atoms with van der Waals surface area (Å²) in [6.45, 7) is 8.79. The van der Waals surface area contributed by atoms with Gasteiger partial charge in [-0.1, -0.05) is 6.07 Å². The van der Waals surface area contributed by atoms with Gasteiger partial charge in [-0.25, -0.2) is 4.79 Å². The van der Waals surface area contributed by atoms with E-state index < -0.39 is 18.0 Å². The fourth-order valence-corrected chi connectivity index (χ4v) is 2.11. The minimum atomic E-state index is -1.23. The van der Waals surface area contributed by atoms with Crippen molar-refractivity contribution >= 4 is 11.9 Å². The Hall–Kier alpha value is -1.84. The van der Waals surface area contributed by atoms with Crippen LogP contribution in [-0.2, 0) is 14.3 Å². The van der Waals surface area contributed by atoms with Gasteiger partial charge in [-0.05, 0) is 49.9 Å². The maximum Gasteiger partial charge on any atom is 0.349 e. The molecule has 0 aromatic heterocycles. The van der Waals surface area contributed by atoms with Crippen molar-refractivity contribution < 1.29 is 19.4 Å². The highest BCUT2D eigenvalue weighted by atomic mass is 16.6. The molecule has 0 radical (unpaired) electrons. The molecule has 18 heavy (non-hydrogen) atoms. The molecule has 1 N–H and O–H groups in total. The molecule has 0 heterocycles. The zero-order valence-electron chi connectivity index (χ0n) is 11.3. The molecule has 1 aromatic carbocycles. The Bertz CT molecular complexity index is 503. The smallest absolute Gasteiger partial charge is 0.349 e. The lowest BCUT2D eigenvalue weighted by Crippen LogP contribution is -2.20. The number of aryl methyl sites for hydroxylation is 2. The molecule has 0 bridgehead atoms. The Labute approximate surface area is 107 Å². The van der Waals surface area contributed by atoms with Gasteiger partial charge in [0.25, 0.3) is 0 Å². The van der Waals surface area contributed by atoms with Gasteiger partial charge >= 0.3 is 11.9 Å². The Morgan fingerprint density at radius 3 is 2.11 bits per heavy atom. The lowest BCUT2D eigenvalue weighted by atomic mass is 9.91. The van der Waals surface area contributed by atoms with E-state index in [1.165, 1.54) is 6.92 Å². The Morgan fingerprint density at radius 1 is 1.11 bits per heavy atom. The summed E-state index contributed by atoms with van der Waals surface area (Å²) in [7, 11) is 0. The average Bonchev–Trinajstić information content (AvgIpc) is 2.24. The normalized spacial score (nSPS) is 12.1. The molecule has 98 valence electrons. The van der Waals surface area contributed by atoms with Crippen LogP contribution in [0.25, 0.3) is 0 Å². The van der Waals surface area contributed by atoms with E-state index in [4.69, 9.17) is 4.74 Å². The highest BCUT2D eigenvalue weighted by Gasteiger charge is 2.27. The van der Waals surface area contributed by atoms with Crippen molar-refractivity contribution in [2.75, 3.05) is 0 Å². The minimum Gasteiger partial charge on any atom is -0.478 e. The van der Waals surface area contributed by atoms with E-state index in [-0.39, 0.29) is 0 Å². The molecular formula is C14H18O4. The number of benzene rings is 1. The van der Waals surface area contributed by atoms with Crippen LogP contribution in [-0.4, -0.2) is 17.0 Å². The lowest BCUT2D eigenvalue weighted by Gasteiger charge is -2.20. The fraction of sp³-hybridized carbons (Fsp3) is 0.429. The second-order valence-corrected chi connectivity index (χ2v) is 4.50. The molecule has 4 nitrogen and oxygen atoms in total. The molecule has 0 amide bonds. The largest absolute Gasteiger partial charge is 0.478 e. The number of ether oxygens (including phenoxy) is 1. The summed E-state index contributed by atoms with van der Waals surface area (Å²) in [5, 5.41) is 9.21. The monoisotopic (exact) mass is 250 g/mol. The topological polar surface area (TPSA) is 63.6 Å². The van der Waals surface area contributed by atoms with Crippen molar-refractivity contribution in [1.82, 2.24) is 0 Å². The first kappa shape index (κ1) is 14.2. The third-order valence-corrected chi connectivity index (χ3v) is 3.19. The Kier molecular flexibility index (Phi) is 4.11. The van der Waals surface area contributed by atoms with E-state index in [9.17, 15) is 14.7 Å². The molecule has 1 rings (SSSR count). The molecule has 0 spiro atoms. The van der Waals surface area contributed by atoms with Crippen LogP contribution in [0.2, 0.25) is 0 Å². The number of rotatable bonds is 3. The molecule has 0 saturated carbocycles. The van der Waals surface area contributed by atoms with Gasteiger partial charge in [0.15, 0.2) is 0 Å². The quantitative estimate of drug-likeness (QED) is 0.837. The van der Waals surface area contributed by atoms with Gasteiger partial charge in [-0.15, -0.1) is 0 Å². The summed E-state index contributed by atoms with van der Waals surface area (Å²) in [6.07, 6.45) is -1.23.